The van der Waals surface area contributed by atoms with E-state index in [4.69, 9.17) is 9.84 Å². The van der Waals surface area contributed by atoms with Gasteiger partial charge in [0.1, 0.15) is 0 Å². The van der Waals surface area contributed by atoms with Crippen LogP contribution >= 0.6 is 0 Å². The first-order valence-electron chi connectivity index (χ1n) is 4.78. The van der Waals surface area contributed by atoms with Crippen LogP contribution in [0.3, 0.4) is 0 Å². The van der Waals surface area contributed by atoms with Gasteiger partial charge in [-0.25, -0.2) is 4.79 Å². The predicted octanol–water partition coefficient (Wildman–Crippen LogP) is 1.54. The third-order valence-electron chi connectivity index (χ3n) is 1.75. The molecule has 0 saturated heterocycles. The maximum Gasteiger partial charge on any atom is 0.330 e. The van der Waals surface area contributed by atoms with Gasteiger partial charge in [0.2, 0.25) is 0 Å². The summed E-state index contributed by atoms with van der Waals surface area (Å²) >= 11 is 0. The molecule has 4 nitrogen and oxygen atoms in total. The van der Waals surface area contributed by atoms with Crippen LogP contribution in [0.1, 0.15) is 32.6 Å². The second kappa shape index (κ2) is 7.53. The number of carboxylic acids is 1. The number of carbonyl (C=O) groups is 1. The van der Waals surface area contributed by atoms with Crippen LogP contribution in [-0.4, -0.2) is 29.1 Å². The lowest BCUT2D eigenvalue weighted by Gasteiger charge is -2.10. The summed E-state index contributed by atoms with van der Waals surface area (Å²) in [6.45, 7) is 5.88. The van der Waals surface area contributed by atoms with Gasteiger partial charge in [-0.1, -0.05) is 13.5 Å². The van der Waals surface area contributed by atoms with Crippen LogP contribution in [0.25, 0.3) is 0 Å². The molecule has 4 heteroatoms. The molecule has 0 spiro atoms. The van der Waals surface area contributed by atoms with Crippen LogP contribution in [0.15, 0.2) is 12.2 Å². The van der Waals surface area contributed by atoms with Crippen molar-refractivity contribution in [3.05, 3.63) is 12.2 Å². The molecule has 1 atom stereocenters. The van der Waals surface area contributed by atoms with E-state index in [2.05, 4.69) is 6.58 Å². The Bertz CT molecular complexity index is 189. The van der Waals surface area contributed by atoms with Gasteiger partial charge < -0.3 is 14.9 Å². The molecule has 0 saturated carbocycles. The summed E-state index contributed by atoms with van der Waals surface area (Å²) in [5.74, 6) is -0.978. The fourth-order valence-electron chi connectivity index (χ4n) is 0.934. The topological polar surface area (TPSA) is 66.8 Å². The van der Waals surface area contributed by atoms with E-state index in [1.165, 1.54) is 0 Å². The van der Waals surface area contributed by atoms with Gasteiger partial charge in [-0.3, -0.25) is 0 Å². The van der Waals surface area contributed by atoms with E-state index in [0.717, 1.165) is 6.42 Å². The minimum atomic E-state index is -0.978. The van der Waals surface area contributed by atoms with Crippen molar-refractivity contribution in [2.45, 2.75) is 38.9 Å². The molecule has 0 aliphatic heterocycles. The number of hydrogen-bond donors (Lipinski definition) is 2. The van der Waals surface area contributed by atoms with Crippen LogP contribution in [0.4, 0.5) is 0 Å². The molecular formula is C10H18O4. The number of hydrogen-bond acceptors (Lipinski definition) is 3. The Morgan fingerprint density at radius 2 is 2.21 bits per heavy atom. The van der Waals surface area contributed by atoms with E-state index < -0.39 is 12.3 Å². The van der Waals surface area contributed by atoms with Crippen molar-refractivity contribution < 1.29 is 19.7 Å². The third kappa shape index (κ3) is 6.62. The van der Waals surface area contributed by atoms with Crippen LogP contribution < -0.4 is 0 Å². The molecule has 0 aromatic rings. The van der Waals surface area contributed by atoms with Crippen LogP contribution in [0, 0.1) is 0 Å². The average molecular weight is 202 g/mol. The van der Waals surface area contributed by atoms with Gasteiger partial charge in [-0.15, -0.1) is 0 Å². The first kappa shape index (κ1) is 13.1. The largest absolute Gasteiger partial charge is 0.478 e. The Balaban J connectivity index is 3.44. The molecule has 0 bridgehead atoms. The summed E-state index contributed by atoms with van der Waals surface area (Å²) in [4.78, 5) is 10.4. The number of ether oxygens (including phenoxy) is 1. The van der Waals surface area contributed by atoms with Gasteiger partial charge in [0.15, 0.2) is 6.29 Å². The van der Waals surface area contributed by atoms with Gasteiger partial charge in [0.25, 0.3) is 0 Å². The maximum absolute atomic E-state index is 10.4. The Hall–Kier alpha value is -0.870. The standard InChI is InChI=1S/C10H18O4/c1-3-7-14-9(11)6-4-5-8(2)10(12)13/h9,11H,2-7H2,1H3,(H,12,13). The van der Waals surface area contributed by atoms with E-state index in [0.29, 0.717) is 25.9 Å². The molecule has 0 aliphatic rings. The Kier molecular flexibility index (Phi) is 7.06. The molecule has 0 fully saturated rings. The average Bonchev–Trinajstić information content (AvgIpc) is 2.14. The molecule has 82 valence electrons. The first-order chi connectivity index (χ1) is 6.57. The summed E-state index contributed by atoms with van der Waals surface area (Å²) in [5, 5.41) is 17.7. The van der Waals surface area contributed by atoms with Crippen LogP contribution in [-0.2, 0) is 9.53 Å². The molecule has 0 radical (unpaired) electrons. The molecule has 0 aromatic carbocycles. The van der Waals surface area contributed by atoms with Gasteiger partial charge in [-0.2, -0.15) is 0 Å². The number of carboxylic acid groups (broad SMARTS) is 1. The molecule has 2 N–H and O–H groups in total. The van der Waals surface area contributed by atoms with Crippen molar-refractivity contribution in [2.24, 2.45) is 0 Å². The smallest absolute Gasteiger partial charge is 0.330 e. The van der Waals surface area contributed by atoms with Gasteiger partial charge in [0, 0.05) is 12.2 Å². The second-order valence-electron chi connectivity index (χ2n) is 3.13. The van der Waals surface area contributed by atoms with Gasteiger partial charge in [0.05, 0.1) is 0 Å². The van der Waals surface area contributed by atoms with Crippen molar-refractivity contribution in [3.63, 3.8) is 0 Å². The lowest BCUT2D eigenvalue weighted by atomic mass is 10.1. The molecule has 0 heterocycles. The fourth-order valence-corrected chi connectivity index (χ4v) is 0.934. The highest BCUT2D eigenvalue weighted by Gasteiger charge is 2.06. The zero-order valence-corrected chi connectivity index (χ0v) is 8.53. The summed E-state index contributed by atoms with van der Waals surface area (Å²) in [6, 6.07) is 0. The highest BCUT2D eigenvalue weighted by molar-refractivity contribution is 5.85. The number of aliphatic carboxylic acids is 1. The lowest BCUT2D eigenvalue weighted by Crippen LogP contribution is -2.12. The van der Waals surface area contributed by atoms with E-state index in [9.17, 15) is 9.90 Å². The van der Waals surface area contributed by atoms with E-state index in [-0.39, 0.29) is 5.57 Å². The van der Waals surface area contributed by atoms with Crippen molar-refractivity contribution in [1.82, 2.24) is 0 Å². The SMILES string of the molecule is C=C(CCCC(O)OCCC)C(=O)O. The van der Waals surface area contributed by atoms with Crippen molar-refractivity contribution in [2.75, 3.05) is 6.61 Å². The third-order valence-corrected chi connectivity index (χ3v) is 1.75. The number of aliphatic hydroxyl groups excluding tert-OH is 1. The van der Waals surface area contributed by atoms with Crippen molar-refractivity contribution in [1.29, 1.82) is 0 Å². The summed E-state index contributed by atoms with van der Waals surface area (Å²) in [5.41, 5.74) is 0.174. The molecule has 14 heavy (non-hydrogen) atoms. The summed E-state index contributed by atoms with van der Waals surface area (Å²) < 4.78 is 5.01. The van der Waals surface area contributed by atoms with Crippen LogP contribution in [0.2, 0.25) is 0 Å². The quantitative estimate of drug-likeness (QED) is 0.463. The molecule has 0 rings (SSSR count). The minimum absolute atomic E-state index is 0.174. The molecule has 0 aliphatic carbocycles. The normalized spacial score (nSPS) is 12.4. The Morgan fingerprint density at radius 3 is 2.71 bits per heavy atom. The predicted molar refractivity (Wildman–Crippen MR) is 52.9 cm³/mol. The van der Waals surface area contributed by atoms with Crippen LogP contribution in [0.5, 0.6) is 0 Å². The highest BCUT2D eigenvalue weighted by atomic mass is 16.6. The zero-order chi connectivity index (χ0) is 11.0. The summed E-state index contributed by atoms with van der Waals surface area (Å²) in [7, 11) is 0. The molecule has 0 amide bonds. The molecular weight excluding hydrogens is 184 g/mol. The van der Waals surface area contributed by atoms with E-state index in [1.807, 2.05) is 6.92 Å². The molecule has 0 aromatic heterocycles. The zero-order valence-electron chi connectivity index (χ0n) is 8.53. The fraction of sp³-hybridized carbons (Fsp3) is 0.700. The Labute approximate surface area is 84.2 Å². The maximum atomic E-state index is 10.4. The van der Waals surface area contributed by atoms with E-state index >= 15 is 0 Å². The first-order valence-corrected chi connectivity index (χ1v) is 4.78. The van der Waals surface area contributed by atoms with Crippen molar-refractivity contribution >= 4 is 5.97 Å². The van der Waals surface area contributed by atoms with Gasteiger partial charge in [-0.05, 0) is 25.7 Å². The van der Waals surface area contributed by atoms with Gasteiger partial charge >= 0.3 is 5.97 Å². The monoisotopic (exact) mass is 202 g/mol. The van der Waals surface area contributed by atoms with E-state index in [1.54, 1.807) is 0 Å². The molecule has 1 unspecified atom stereocenters. The number of aliphatic hydroxyl groups is 1. The number of rotatable bonds is 8. The minimum Gasteiger partial charge on any atom is -0.478 e. The van der Waals surface area contributed by atoms with Crippen molar-refractivity contribution in [3.8, 4) is 0 Å². The second-order valence-corrected chi connectivity index (χ2v) is 3.13. The lowest BCUT2D eigenvalue weighted by molar-refractivity contribution is -0.133. The summed E-state index contributed by atoms with van der Waals surface area (Å²) in [6.07, 6.45) is 1.50. The Morgan fingerprint density at radius 1 is 1.57 bits per heavy atom. The highest BCUT2D eigenvalue weighted by Crippen LogP contribution is 2.08.